The van der Waals surface area contributed by atoms with E-state index in [9.17, 15) is 29.3 Å². The summed E-state index contributed by atoms with van der Waals surface area (Å²) in [5, 5.41) is 10.9. The van der Waals surface area contributed by atoms with Crippen molar-refractivity contribution in [2.75, 3.05) is 6.61 Å². The van der Waals surface area contributed by atoms with Crippen LogP contribution in [0, 0.1) is 39.7 Å². The van der Waals surface area contributed by atoms with Crippen molar-refractivity contribution in [2.24, 2.45) is 29.6 Å². The number of ether oxygens (including phenoxy) is 1. The van der Waals surface area contributed by atoms with E-state index in [1.165, 1.54) is 18.2 Å². The van der Waals surface area contributed by atoms with Crippen LogP contribution in [-0.4, -0.2) is 55.7 Å². The Kier molecular flexibility index (Phi) is 6.97. The molecule has 0 radical (unpaired) electrons. The van der Waals surface area contributed by atoms with Crippen LogP contribution >= 0.6 is 31.9 Å². The maximum absolute atomic E-state index is 13.4. The van der Waals surface area contributed by atoms with Gasteiger partial charge in [-0.3, -0.25) is 29.4 Å². The van der Waals surface area contributed by atoms with E-state index in [1.807, 2.05) is 13.8 Å². The van der Waals surface area contributed by atoms with E-state index in [0.29, 0.717) is 0 Å². The Balaban J connectivity index is 1.50. The van der Waals surface area contributed by atoms with Crippen molar-refractivity contribution in [1.29, 1.82) is 0 Å². The highest BCUT2D eigenvalue weighted by Crippen LogP contribution is 2.60. The number of non-ortho nitro benzene ring substituents is 1. The van der Waals surface area contributed by atoms with Crippen LogP contribution in [0.4, 0.5) is 5.69 Å². The molecule has 3 fully saturated rings. The summed E-state index contributed by atoms with van der Waals surface area (Å²) >= 11 is 7.30. The van der Waals surface area contributed by atoms with Gasteiger partial charge in [0.1, 0.15) is 6.04 Å². The number of nitrogens with zero attached hydrogens (tertiary/aromatic N) is 2. The topological polar surface area (TPSA) is 124 Å². The number of Topliss-reactive ketones (excluding diaryl/α,β-unsaturated/α-hetero) is 1. The first-order valence-electron chi connectivity index (χ1n) is 11.1. The number of imide groups is 1. The average molecular weight is 600 g/mol. The molecular formula is C23H24Br2N2O7. The van der Waals surface area contributed by atoms with Gasteiger partial charge in [0.15, 0.2) is 6.61 Å². The van der Waals surface area contributed by atoms with E-state index in [-0.39, 0.29) is 56.9 Å². The van der Waals surface area contributed by atoms with Crippen LogP contribution in [0.2, 0.25) is 0 Å². The van der Waals surface area contributed by atoms with E-state index >= 15 is 0 Å². The Morgan fingerprint density at radius 3 is 2.26 bits per heavy atom. The monoisotopic (exact) mass is 598 g/mol. The van der Waals surface area contributed by atoms with Crippen LogP contribution in [0.5, 0.6) is 0 Å². The minimum Gasteiger partial charge on any atom is -0.456 e. The van der Waals surface area contributed by atoms with E-state index in [0.717, 1.165) is 17.4 Å². The second kappa shape index (κ2) is 9.49. The third-order valence-corrected chi connectivity index (χ3v) is 10.2. The summed E-state index contributed by atoms with van der Waals surface area (Å²) in [5.41, 5.74) is -0.215. The van der Waals surface area contributed by atoms with Crippen molar-refractivity contribution >= 4 is 61.1 Å². The average Bonchev–Trinajstić information content (AvgIpc) is 3.40. The molecule has 1 aromatic rings. The number of rotatable bonds is 8. The first kappa shape index (κ1) is 25.0. The molecule has 1 aromatic carbocycles. The fourth-order valence-corrected chi connectivity index (χ4v) is 7.42. The van der Waals surface area contributed by atoms with Crippen LogP contribution in [0.3, 0.4) is 0 Å². The molecule has 1 saturated heterocycles. The van der Waals surface area contributed by atoms with E-state index in [1.54, 1.807) is 0 Å². The summed E-state index contributed by atoms with van der Waals surface area (Å²) in [7, 11) is 0. The van der Waals surface area contributed by atoms with Crippen LogP contribution in [0.1, 0.15) is 37.0 Å². The van der Waals surface area contributed by atoms with E-state index in [4.69, 9.17) is 4.74 Å². The Hall–Kier alpha value is -2.14. The van der Waals surface area contributed by atoms with Gasteiger partial charge in [0.25, 0.3) is 5.69 Å². The molecule has 3 aliphatic rings. The van der Waals surface area contributed by atoms with Gasteiger partial charge in [-0.1, -0.05) is 57.8 Å². The zero-order valence-electron chi connectivity index (χ0n) is 18.6. The third kappa shape index (κ3) is 4.21. The molecule has 9 nitrogen and oxygen atoms in total. The number of carbonyl (C=O) groups excluding carboxylic acids is 4. The Bertz CT molecular complexity index is 1030. The lowest BCUT2D eigenvalue weighted by molar-refractivity contribution is -0.384. The number of benzene rings is 1. The predicted molar refractivity (Wildman–Crippen MR) is 127 cm³/mol. The number of hydrogen-bond acceptors (Lipinski definition) is 7. The Morgan fingerprint density at radius 1 is 1.15 bits per heavy atom. The quantitative estimate of drug-likeness (QED) is 0.112. The first-order chi connectivity index (χ1) is 16.0. The largest absolute Gasteiger partial charge is 0.456 e. The van der Waals surface area contributed by atoms with Gasteiger partial charge in [0.05, 0.1) is 16.8 Å². The van der Waals surface area contributed by atoms with Gasteiger partial charge in [0, 0.05) is 27.4 Å². The summed E-state index contributed by atoms with van der Waals surface area (Å²) in [4.78, 5) is 63.8. The van der Waals surface area contributed by atoms with Crippen molar-refractivity contribution in [3.63, 3.8) is 0 Å². The highest BCUT2D eigenvalue weighted by molar-refractivity contribution is 9.12. The standard InChI is InChI=1S/C23H24Br2N2O7/c1-10(2)6-15(23(31)34-9-16(28)11-4-3-5-12(7-11)27(32)33)26-21(29)17-13-8-14(18(17)22(26)30)20(25)19(13)24/h3-5,7,10,13-15,17-20H,6,8-9H2,1-2H3/t13-,14-,15-,17-,18+,19+,20+/m1/s1. The van der Waals surface area contributed by atoms with Gasteiger partial charge < -0.3 is 4.74 Å². The maximum atomic E-state index is 13.4. The van der Waals surface area contributed by atoms with Crippen molar-refractivity contribution in [3.8, 4) is 0 Å². The van der Waals surface area contributed by atoms with Gasteiger partial charge in [-0.15, -0.1) is 0 Å². The number of fused-ring (bicyclic) bond motifs is 5. The number of nitro benzene ring substituents is 1. The lowest BCUT2D eigenvalue weighted by Gasteiger charge is -2.28. The number of hydrogen-bond donors (Lipinski definition) is 0. The van der Waals surface area contributed by atoms with Crippen molar-refractivity contribution < 1.29 is 28.8 Å². The smallest absolute Gasteiger partial charge is 0.329 e. The minimum absolute atomic E-state index is 0.0179. The first-order valence-corrected chi connectivity index (χ1v) is 12.9. The van der Waals surface area contributed by atoms with Crippen LogP contribution in [-0.2, 0) is 19.1 Å². The zero-order valence-corrected chi connectivity index (χ0v) is 21.7. The van der Waals surface area contributed by atoms with Crippen LogP contribution in [0.25, 0.3) is 0 Å². The fourth-order valence-electron chi connectivity index (χ4n) is 5.54. The number of halogens is 2. The predicted octanol–water partition coefficient (Wildman–Crippen LogP) is 3.51. The summed E-state index contributed by atoms with van der Waals surface area (Å²) in [6.45, 7) is 3.09. The third-order valence-electron chi connectivity index (χ3n) is 7.02. The number of carbonyl (C=O) groups is 4. The molecule has 0 N–H and O–H groups in total. The lowest BCUT2D eigenvalue weighted by Crippen LogP contribution is -2.48. The summed E-state index contributed by atoms with van der Waals surface area (Å²) in [5.74, 6) is -3.02. The molecule has 1 heterocycles. The molecule has 1 aliphatic heterocycles. The molecule has 2 bridgehead atoms. The normalized spacial score (nSPS) is 30.6. The molecule has 34 heavy (non-hydrogen) atoms. The van der Waals surface area contributed by atoms with Gasteiger partial charge in [-0.25, -0.2) is 4.79 Å². The Labute approximate surface area is 213 Å². The highest BCUT2D eigenvalue weighted by Gasteiger charge is 2.67. The van der Waals surface area contributed by atoms with E-state index in [2.05, 4.69) is 31.9 Å². The molecule has 11 heteroatoms. The molecule has 2 saturated carbocycles. The summed E-state index contributed by atoms with van der Waals surface area (Å²) in [6.07, 6.45) is 0.995. The van der Waals surface area contributed by atoms with Crippen LogP contribution in [0.15, 0.2) is 24.3 Å². The number of nitro groups is 1. The SMILES string of the molecule is CC(C)C[C@H](C(=O)OCC(=O)c1cccc([N+](=O)[O-])c1)N1C(=O)[C@@H]2[C@H]3C[C@@H]([C@H](Br)[C@H]3Br)[C@@H]2C1=O. The van der Waals surface area contributed by atoms with Crippen LogP contribution < -0.4 is 0 Å². The summed E-state index contributed by atoms with van der Waals surface area (Å²) in [6, 6.07) is 4.01. The van der Waals surface area contributed by atoms with Gasteiger partial charge in [-0.05, 0) is 30.6 Å². The fraction of sp³-hybridized carbons (Fsp3) is 0.565. The number of alkyl halides is 2. The number of ketones is 1. The van der Waals surface area contributed by atoms with Crippen molar-refractivity contribution in [2.45, 2.75) is 42.4 Å². The molecule has 4 rings (SSSR count). The zero-order chi connectivity index (χ0) is 24.9. The Morgan fingerprint density at radius 2 is 1.74 bits per heavy atom. The van der Waals surface area contributed by atoms with Gasteiger partial charge >= 0.3 is 5.97 Å². The molecule has 0 spiro atoms. The van der Waals surface area contributed by atoms with Crippen molar-refractivity contribution in [1.82, 2.24) is 4.90 Å². The molecule has 2 aliphatic carbocycles. The molecule has 2 amide bonds. The molecule has 0 aromatic heterocycles. The second-order valence-electron chi connectivity index (χ2n) is 9.53. The molecule has 0 unspecified atom stereocenters. The van der Waals surface area contributed by atoms with Gasteiger partial charge in [-0.2, -0.15) is 0 Å². The number of amides is 2. The minimum atomic E-state index is -1.12. The molecule has 7 atom stereocenters. The second-order valence-corrected chi connectivity index (χ2v) is 11.6. The highest BCUT2D eigenvalue weighted by atomic mass is 79.9. The lowest BCUT2D eigenvalue weighted by atomic mass is 9.81. The molecular weight excluding hydrogens is 576 g/mol. The van der Waals surface area contributed by atoms with Gasteiger partial charge in [0.2, 0.25) is 17.6 Å². The summed E-state index contributed by atoms with van der Waals surface area (Å²) < 4.78 is 5.24. The van der Waals surface area contributed by atoms with Crippen molar-refractivity contribution in [3.05, 3.63) is 39.9 Å². The number of esters is 1. The number of likely N-dealkylation sites (tertiary alicyclic amines) is 1. The van der Waals surface area contributed by atoms with E-state index < -0.39 is 41.2 Å². The maximum Gasteiger partial charge on any atom is 0.329 e. The molecule has 182 valence electrons.